The van der Waals surface area contributed by atoms with Crippen molar-refractivity contribution in [2.75, 3.05) is 5.32 Å². The van der Waals surface area contributed by atoms with Crippen molar-refractivity contribution in [2.24, 2.45) is 0 Å². The summed E-state index contributed by atoms with van der Waals surface area (Å²) in [6.45, 7) is 0.662. The van der Waals surface area contributed by atoms with E-state index in [2.05, 4.69) is 15.2 Å². The molecule has 0 aliphatic heterocycles. The quantitative estimate of drug-likeness (QED) is 0.631. The first-order valence-corrected chi connectivity index (χ1v) is 8.46. The molecule has 0 bridgehead atoms. The number of nitrogens with zero attached hydrogens (tertiary/aromatic N) is 2. The highest BCUT2D eigenvalue weighted by atomic mass is 35.5. The number of carbonyl (C=O) groups is 1. The summed E-state index contributed by atoms with van der Waals surface area (Å²) < 4.78 is 49.6. The number of anilines is 1. The van der Waals surface area contributed by atoms with Crippen molar-refractivity contribution in [3.05, 3.63) is 64.1 Å². The standard InChI is InChI=1S/C18H15ClF3N3O3/c1-9-16(19)10(2)25(24-9)8-12-4-6-14(27-12)17(26)23-13-5-3-11(20)7-15(13)28-18(21)22/h3-7,18H,8H2,1-2H3,(H,23,26). The van der Waals surface area contributed by atoms with Crippen molar-refractivity contribution in [1.82, 2.24) is 9.78 Å². The summed E-state index contributed by atoms with van der Waals surface area (Å²) in [4.78, 5) is 12.3. The summed E-state index contributed by atoms with van der Waals surface area (Å²) in [5.74, 6) is -1.60. The summed E-state index contributed by atoms with van der Waals surface area (Å²) in [5.41, 5.74) is 1.31. The van der Waals surface area contributed by atoms with Crippen molar-refractivity contribution >= 4 is 23.2 Å². The zero-order valence-corrected chi connectivity index (χ0v) is 15.6. The fourth-order valence-electron chi connectivity index (χ4n) is 2.54. The van der Waals surface area contributed by atoms with E-state index in [0.29, 0.717) is 16.5 Å². The van der Waals surface area contributed by atoms with Crippen LogP contribution in [0.2, 0.25) is 5.02 Å². The summed E-state index contributed by atoms with van der Waals surface area (Å²) in [5, 5.41) is 7.18. The second kappa shape index (κ2) is 7.97. The van der Waals surface area contributed by atoms with E-state index in [1.165, 1.54) is 6.07 Å². The van der Waals surface area contributed by atoms with Crippen LogP contribution >= 0.6 is 11.6 Å². The van der Waals surface area contributed by atoms with Gasteiger partial charge in [0.05, 0.1) is 28.6 Å². The highest BCUT2D eigenvalue weighted by Gasteiger charge is 2.17. The molecule has 1 amide bonds. The maximum atomic E-state index is 13.3. The average Bonchev–Trinajstić information content (AvgIpc) is 3.18. The van der Waals surface area contributed by atoms with Crippen LogP contribution in [0.1, 0.15) is 27.7 Å². The molecule has 1 N–H and O–H groups in total. The number of carbonyl (C=O) groups excluding carboxylic acids is 1. The molecule has 3 rings (SSSR count). The largest absolute Gasteiger partial charge is 0.454 e. The minimum Gasteiger partial charge on any atom is -0.454 e. The lowest BCUT2D eigenvalue weighted by molar-refractivity contribution is -0.0495. The fraction of sp³-hybridized carbons (Fsp3) is 0.222. The SMILES string of the molecule is Cc1nn(Cc2ccc(C(=O)Nc3ccc(F)cc3OC(F)F)o2)c(C)c1Cl. The second-order valence-electron chi connectivity index (χ2n) is 5.88. The minimum absolute atomic E-state index is 0.0602. The molecule has 0 atom stereocenters. The Labute approximate surface area is 162 Å². The van der Waals surface area contributed by atoms with E-state index in [9.17, 15) is 18.0 Å². The number of halogens is 4. The maximum Gasteiger partial charge on any atom is 0.387 e. The molecule has 0 radical (unpaired) electrons. The van der Waals surface area contributed by atoms with Crippen LogP contribution in [0.3, 0.4) is 0 Å². The molecule has 0 aliphatic carbocycles. The zero-order chi connectivity index (χ0) is 20.4. The Kier molecular flexibility index (Phi) is 5.64. The Morgan fingerprint density at radius 2 is 2.07 bits per heavy atom. The molecule has 0 saturated heterocycles. The lowest BCUT2D eigenvalue weighted by atomic mass is 10.2. The van der Waals surface area contributed by atoms with Crippen molar-refractivity contribution in [2.45, 2.75) is 27.0 Å². The second-order valence-corrected chi connectivity index (χ2v) is 6.26. The maximum absolute atomic E-state index is 13.3. The van der Waals surface area contributed by atoms with E-state index in [1.54, 1.807) is 24.6 Å². The third-order valence-electron chi connectivity index (χ3n) is 3.89. The number of hydrogen-bond donors (Lipinski definition) is 1. The van der Waals surface area contributed by atoms with Gasteiger partial charge >= 0.3 is 6.61 Å². The number of aromatic nitrogens is 2. The van der Waals surface area contributed by atoms with E-state index in [1.807, 2.05) is 0 Å². The highest BCUT2D eigenvalue weighted by molar-refractivity contribution is 6.31. The summed E-state index contributed by atoms with van der Waals surface area (Å²) in [6.07, 6.45) is 0. The number of furan rings is 1. The van der Waals surface area contributed by atoms with Crippen molar-refractivity contribution in [3.8, 4) is 5.75 Å². The van der Waals surface area contributed by atoms with Gasteiger partial charge in [0.25, 0.3) is 5.91 Å². The molecule has 0 aliphatic rings. The Balaban J connectivity index is 1.75. The number of amides is 1. The van der Waals surface area contributed by atoms with Crippen LogP contribution in [0.4, 0.5) is 18.9 Å². The monoisotopic (exact) mass is 413 g/mol. The van der Waals surface area contributed by atoms with Gasteiger partial charge in [0.2, 0.25) is 0 Å². The van der Waals surface area contributed by atoms with Gasteiger partial charge in [0.15, 0.2) is 11.5 Å². The summed E-state index contributed by atoms with van der Waals surface area (Å²) in [6, 6.07) is 5.89. The van der Waals surface area contributed by atoms with Crippen LogP contribution in [-0.4, -0.2) is 22.3 Å². The van der Waals surface area contributed by atoms with Crippen molar-refractivity contribution in [3.63, 3.8) is 0 Å². The van der Waals surface area contributed by atoms with Crippen LogP contribution < -0.4 is 10.1 Å². The molecule has 148 valence electrons. The van der Waals surface area contributed by atoms with Gasteiger partial charge in [0, 0.05) is 6.07 Å². The highest BCUT2D eigenvalue weighted by Crippen LogP contribution is 2.28. The van der Waals surface area contributed by atoms with Crippen LogP contribution in [-0.2, 0) is 6.54 Å². The Hall–Kier alpha value is -2.94. The van der Waals surface area contributed by atoms with E-state index in [0.717, 1.165) is 23.9 Å². The van der Waals surface area contributed by atoms with Gasteiger partial charge in [-0.05, 0) is 38.1 Å². The Morgan fingerprint density at radius 1 is 1.32 bits per heavy atom. The van der Waals surface area contributed by atoms with Crippen LogP contribution in [0.25, 0.3) is 0 Å². The molecule has 0 spiro atoms. The molecule has 10 heteroatoms. The van der Waals surface area contributed by atoms with Crippen molar-refractivity contribution in [1.29, 1.82) is 0 Å². The topological polar surface area (TPSA) is 69.3 Å². The van der Waals surface area contributed by atoms with Crippen LogP contribution in [0.15, 0.2) is 34.7 Å². The molecule has 0 saturated carbocycles. The first kappa shape index (κ1) is 19.8. The molecule has 28 heavy (non-hydrogen) atoms. The summed E-state index contributed by atoms with van der Waals surface area (Å²) in [7, 11) is 0. The van der Waals surface area contributed by atoms with Crippen LogP contribution in [0, 0.1) is 19.7 Å². The van der Waals surface area contributed by atoms with E-state index < -0.39 is 24.1 Å². The number of ether oxygens (including phenoxy) is 1. The molecule has 3 aromatic rings. The number of nitrogens with one attached hydrogen (secondary N) is 1. The first-order valence-electron chi connectivity index (χ1n) is 8.08. The molecule has 0 fully saturated rings. The molecule has 2 aromatic heterocycles. The number of alkyl halides is 2. The lowest BCUT2D eigenvalue weighted by Crippen LogP contribution is -2.13. The van der Waals surface area contributed by atoms with Gasteiger partial charge in [-0.3, -0.25) is 9.48 Å². The number of benzene rings is 1. The third kappa shape index (κ3) is 4.30. The van der Waals surface area contributed by atoms with Gasteiger partial charge in [-0.15, -0.1) is 0 Å². The van der Waals surface area contributed by atoms with E-state index in [-0.39, 0.29) is 18.0 Å². The minimum atomic E-state index is -3.17. The molecule has 1 aromatic carbocycles. The van der Waals surface area contributed by atoms with E-state index >= 15 is 0 Å². The smallest absolute Gasteiger partial charge is 0.387 e. The average molecular weight is 414 g/mol. The van der Waals surface area contributed by atoms with Gasteiger partial charge < -0.3 is 14.5 Å². The summed E-state index contributed by atoms with van der Waals surface area (Å²) >= 11 is 6.10. The lowest BCUT2D eigenvalue weighted by Gasteiger charge is -2.11. The number of rotatable bonds is 6. The van der Waals surface area contributed by atoms with Gasteiger partial charge in [-0.2, -0.15) is 13.9 Å². The Morgan fingerprint density at radius 3 is 2.71 bits per heavy atom. The Bertz CT molecular complexity index is 1020. The molecule has 0 unspecified atom stereocenters. The molecule has 6 nitrogen and oxygen atoms in total. The predicted octanol–water partition coefficient (Wildman–Crippen LogP) is 4.79. The van der Waals surface area contributed by atoms with E-state index in [4.69, 9.17) is 16.0 Å². The molecular formula is C18H15ClF3N3O3. The molecule has 2 heterocycles. The van der Waals surface area contributed by atoms with Gasteiger partial charge in [0.1, 0.15) is 11.6 Å². The normalized spacial score (nSPS) is 11.1. The third-order valence-corrected chi connectivity index (χ3v) is 4.44. The fourth-order valence-corrected chi connectivity index (χ4v) is 2.67. The van der Waals surface area contributed by atoms with Gasteiger partial charge in [-0.25, -0.2) is 4.39 Å². The van der Waals surface area contributed by atoms with Crippen LogP contribution in [0.5, 0.6) is 5.75 Å². The predicted molar refractivity (Wildman–Crippen MR) is 95.5 cm³/mol. The first-order chi connectivity index (χ1) is 13.2. The number of aryl methyl sites for hydroxylation is 1. The zero-order valence-electron chi connectivity index (χ0n) is 14.8. The van der Waals surface area contributed by atoms with Crippen molar-refractivity contribution < 1.29 is 27.1 Å². The molecular weight excluding hydrogens is 399 g/mol. The number of hydrogen-bond acceptors (Lipinski definition) is 4. The van der Waals surface area contributed by atoms with Gasteiger partial charge in [-0.1, -0.05) is 11.6 Å².